The highest BCUT2D eigenvalue weighted by Gasteiger charge is 1.98. The van der Waals surface area contributed by atoms with Crippen LogP contribution >= 0.6 is 0 Å². The van der Waals surface area contributed by atoms with Crippen LogP contribution in [0.5, 0.6) is 0 Å². The molecule has 0 aliphatic rings. The van der Waals surface area contributed by atoms with Crippen molar-refractivity contribution >= 4 is 5.78 Å². The van der Waals surface area contributed by atoms with Crippen LogP contribution in [0.3, 0.4) is 0 Å². The molecule has 0 unspecified atom stereocenters. The molecule has 10 heavy (non-hydrogen) atoms. The fourth-order valence-electron chi connectivity index (χ4n) is 0.758. The molecule has 1 heteroatoms. The zero-order chi connectivity index (χ0) is 7.82. The van der Waals surface area contributed by atoms with Gasteiger partial charge in [-0.25, -0.2) is 0 Å². The normalized spacial score (nSPS) is 9.80. The standard InChI is InChI=1S/C9H17O/c1-3-5-7-9(10)8-6-4-2/h7H,3-6,8H2,1-2H3. The summed E-state index contributed by atoms with van der Waals surface area (Å²) < 4.78 is 0. The van der Waals surface area contributed by atoms with E-state index in [9.17, 15) is 4.79 Å². The number of hydrogen-bond donors (Lipinski definition) is 0. The van der Waals surface area contributed by atoms with Crippen LogP contribution in [-0.2, 0) is 4.79 Å². The molecule has 0 aliphatic carbocycles. The third kappa shape index (κ3) is 5.80. The topological polar surface area (TPSA) is 17.1 Å². The lowest BCUT2D eigenvalue weighted by molar-refractivity contribution is -0.116. The van der Waals surface area contributed by atoms with Gasteiger partial charge in [0.25, 0.3) is 0 Å². The molecular formula is C9H17O. The first-order valence-corrected chi connectivity index (χ1v) is 4.17. The number of ketones is 1. The van der Waals surface area contributed by atoms with Gasteiger partial charge in [0.2, 0.25) is 0 Å². The summed E-state index contributed by atoms with van der Waals surface area (Å²) in [5, 5.41) is 0. The van der Waals surface area contributed by atoms with Gasteiger partial charge in [0, 0.05) is 12.8 Å². The quantitative estimate of drug-likeness (QED) is 0.556. The maximum absolute atomic E-state index is 10.9. The number of carbonyl (C=O) groups excluding carboxylic acids is 1. The van der Waals surface area contributed by atoms with E-state index in [0.717, 1.165) is 32.1 Å². The number of hydrogen-bond acceptors (Lipinski definition) is 1. The van der Waals surface area contributed by atoms with E-state index >= 15 is 0 Å². The van der Waals surface area contributed by atoms with Crippen LogP contribution in [0.4, 0.5) is 0 Å². The Hall–Kier alpha value is -0.330. The largest absolute Gasteiger partial charge is 0.299 e. The third-order valence-electron chi connectivity index (χ3n) is 1.44. The molecule has 0 N–H and O–H groups in total. The van der Waals surface area contributed by atoms with E-state index in [1.807, 2.05) is 6.42 Å². The van der Waals surface area contributed by atoms with Crippen molar-refractivity contribution in [1.82, 2.24) is 0 Å². The fourth-order valence-corrected chi connectivity index (χ4v) is 0.758. The molecule has 0 saturated heterocycles. The van der Waals surface area contributed by atoms with E-state index in [1.54, 1.807) is 0 Å². The van der Waals surface area contributed by atoms with Gasteiger partial charge in [-0.1, -0.05) is 26.7 Å². The Balaban J connectivity index is 3.09. The van der Waals surface area contributed by atoms with E-state index in [1.165, 1.54) is 0 Å². The summed E-state index contributed by atoms with van der Waals surface area (Å²) in [5.41, 5.74) is 0. The van der Waals surface area contributed by atoms with Crippen LogP contribution in [0.25, 0.3) is 0 Å². The average Bonchev–Trinajstić information content (AvgIpc) is 1.97. The minimum atomic E-state index is 0.323. The number of unbranched alkanes of at least 4 members (excludes halogenated alkanes) is 2. The molecular weight excluding hydrogens is 124 g/mol. The summed E-state index contributed by atoms with van der Waals surface area (Å²) in [7, 11) is 0. The van der Waals surface area contributed by atoms with Gasteiger partial charge >= 0.3 is 0 Å². The Morgan fingerprint density at radius 1 is 1.30 bits per heavy atom. The first kappa shape index (κ1) is 9.67. The second kappa shape index (κ2) is 6.79. The second-order valence-corrected chi connectivity index (χ2v) is 2.56. The maximum Gasteiger partial charge on any atom is 0.136 e. The summed E-state index contributed by atoms with van der Waals surface area (Å²) in [6.07, 6.45) is 6.75. The Kier molecular flexibility index (Phi) is 6.56. The minimum Gasteiger partial charge on any atom is -0.299 e. The molecule has 0 fully saturated rings. The van der Waals surface area contributed by atoms with Crippen LogP contribution in [0.15, 0.2) is 0 Å². The fraction of sp³-hybridized carbons (Fsp3) is 0.778. The molecule has 0 bridgehead atoms. The summed E-state index contributed by atoms with van der Waals surface area (Å²) in [6, 6.07) is 0. The van der Waals surface area contributed by atoms with Gasteiger partial charge in [0.15, 0.2) is 0 Å². The van der Waals surface area contributed by atoms with E-state index in [0.29, 0.717) is 5.78 Å². The monoisotopic (exact) mass is 141 g/mol. The highest BCUT2D eigenvalue weighted by atomic mass is 16.1. The van der Waals surface area contributed by atoms with Crippen molar-refractivity contribution in [3.05, 3.63) is 6.42 Å². The summed E-state index contributed by atoms with van der Waals surface area (Å²) in [5.74, 6) is 0.323. The zero-order valence-electron chi connectivity index (χ0n) is 7.02. The Morgan fingerprint density at radius 2 is 2.00 bits per heavy atom. The van der Waals surface area contributed by atoms with E-state index in [2.05, 4.69) is 13.8 Å². The molecule has 0 spiro atoms. The molecule has 0 rings (SSSR count). The Bertz CT molecular complexity index is 76.7. The molecule has 1 radical (unpaired) electrons. The van der Waals surface area contributed by atoms with E-state index < -0.39 is 0 Å². The smallest absolute Gasteiger partial charge is 0.136 e. The average molecular weight is 141 g/mol. The van der Waals surface area contributed by atoms with Crippen molar-refractivity contribution in [2.24, 2.45) is 0 Å². The number of carbonyl (C=O) groups is 1. The molecule has 0 aliphatic heterocycles. The summed E-state index contributed by atoms with van der Waals surface area (Å²) in [4.78, 5) is 10.9. The predicted octanol–water partition coefficient (Wildman–Crippen LogP) is 2.75. The molecule has 1 nitrogen and oxygen atoms in total. The van der Waals surface area contributed by atoms with Gasteiger partial charge in [-0.15, -0.1) is 0 Å². The SMILES string of the molecule is CCC[CH]C(=O)CCCC. The van der Waals surface area contributed by atoms with Gasteiger partial charge in [-0.05, 0) is 12.8 Å². The Labute approximate surface area is 63.8 Å². The van der Waals surface area contributed by atoms with Gasteiger partial charge in [-0.2, -0.15) is 0 Å². The maximum atomic E-state index is 10.9. The van der Waals surface area contributed by atoms with Crippen molar-refractivity contribution in [1.29, 1.82) is 0 Å². The van der Waals surface area contributed by atoms with Crippen molar-refractivity contribution in [2.45, 2.75) is 46.0 Å². The van der Waals surface area contributed by atoms with Crippen LogP contribution in [-0.4, -0.2) is 5.78 Å². The molecule has 0 amide bonds. The lowest BCUT2D eigenvalue weighted by Gasteiger charge is -1.95. The lowest BCUT2D eigenvalue weighted by Crippen LogP contribution is -1.97. The first-order valence-electron chi connectivity index (χ1n) is 4.17. The summed E-state index contributed by atoms with van der Waals surface area (Å²) >= 11 is 0. The van der Waals surface area contributed by atoms with Crippen molar-refractivity contribution < 1.29 is 4.79 Å². The second-order valence-electron chi connectivity index (χ2n) is 2.56. The molecule has 0 aromatic carbocycles. The van der Waals surface area contributed by atoms with Gasteiger partial charge in [-0.3, -0.25) is 4.79 Å². The third-order valence-corrected chi connectivity index (χ3v) is 1.44. The molecule has 0 atom stereocenters. The van der Waals surface area contributed by atoms with Gasteiger partial charge in [0.1, 0.15) is 5.78 Å². The highest BCUT2D eigenvalue weighted by molar-refractivity contribution is 5.86. The van der Waals surface area contributed by atoms with Crippen LogP contribution in [0.1, 0.15) is 46.0 Å². The minimum absolute atomic E-state index is 0.323. The number of rotatable bonds is 6. The van der Waals surface area contributed by atoms with Crippen LogP contribution in [0.2, 0.25) is 0 Å². The van der Waals surface area contributed by atoms with Crippen molar-refractivity contribution in [2.75, 3.05) is 0 Å². The van der Waals surface area contributed by atoms with E-state index in [-0.39, 0.29) is 0 Å². The molecule has 59 valence electrons. The summed E-state index contributed by atoms with van der Waals surface area (Å²) in [6.45, 7) is 4.19. The lowest BCUT2D eigenvalue weighted by atomic mass is 10.1. The Morgan fingerprint density at radius 3 is 2.50 bits per heavy atom. The molecule has 0 saturated carbocycles. The molecule has 0 aromatic rings. The first-order chi connectivity index (χ1) is 4.81. The van der Waals surface area contributed by atoms with E-state index in [4.69, 9.17) is 0 Å². The van der Waals surface area contributed by atoms with Crippen molar-refractivity contribution in [3.63, 3.8) is 0 Å². The van der Waals surface area contributed by atoms with Crippen LogP contribution < -0.4 is 0 Å². The molecule has 0 aromatic heterocycles. The van der Waals surface area contributed by atoms with Crippen LogP contribution in [0, 0.1) is 6.42 Å². The zero-order valence-corrected chi connectivity index (χ0v) is 7.02. The van der Waals surface area contributed by atoms with Gasteiger partial charge < -0.3 is 0 Å². The molecule has 0 heterocycles. The number of Topliss-reactive ketones (excluding diaryl/α,β-unsaturated/α-hetero) is 1. The van der Waals surface area contributed by atoms with Gasteiger partial charge in [0.05, 0.1) is 0 Å². The van der Waals surface area contributed by atoms with Crippen molar-refractivity contribution in [3.8, 4) is 0 Å². The highest BCUT2D eigenvalue weighted by Crippen LogP contribution is 2.01. The predicted molar refractivity (Wildman–Crippen MR) is 43.7 cm³/mol.